The molecule has 2 aliphatic heterocycles. The summed E-state index contributed by atoms with van der Waals surface area (Å²) in [7, 11) is 0. The number of hydrogen-bond donors (Lipinski definition) is 1. The van der Waals surface area contributed by atoms with E-state index in [4.69, 9.17) is 11.6 Å². The van der Waals surface area contributed by atoms with Crippen molar-refractivity contribution >= 4 is 29.4 Å². The number of carbonyl (C=O) groups is 2. The highest BCUT2D eigenvalue weighted by atomic mass is 35.5. The van der Waals surface area contributed by atoms with E-state index in [1.807, 2.05) is 0 Å². The van der Waals surface area contributed by atoms with Gasteiger partial charge in [-0.2, -0.15) is 0 Å². The van der Waals surface area contributed by atoms with Gasteiger partial charge in [-0.15, -0.1) is 0 Å². The topological polar surface area (TPSA) is 52.7 Å². The quantitative estimate of drug-likeness (QED) is 0.635. The molecule has 0 bridgehead atoms. The number of carbonyl (C=O) groups excluding carboxylic acids is 2. The second-order valence-corrected chi connectivity index (χ2v) is 8.59. The van der Waals surface area contributed by atoms with E-state index in [9.17, 15) is 14.0 Å². The number of amides is 1. The fourth-order valence-corrected chi connectivity index (χ4v) is 4.69. The summed E-state index contributed by atoms with van der Waals surface area (Å²) in [5, 5.41) is 2.90. The van der Waals surface area contributed by atoms with Gasteiger partial charge in [-0.05, 0) is 62.5 Å². The van der Waals surface area contributed by atoms with Crippen molar-refractivity contribution in [1.82, 2.24) is 15.1 Å². The molecule has 2 fully saturated rings. The van der Waals surface area contributed by atoms with Crippen LogP contribution >= 0.6 is 11.6 Å². The van der Waals surface area contributed by atoms with Gasteiger partial charge >= 0.3 is 0 Å². The predicted molar refractivity (Wildman–Crippen MR) is 118 cm³/mol. The summed E-state index contributed by atoms with van der Waals surface area (Å²) in [6.07, 6.45) is 8.11. The third-order valence-electron chi connectivity index (χ3n) is 6.33. The lowest BCUT2D eigenvalue weighted by Crippen LogP contribution is -2.57. The minimum Gasteiger partial charge on any atom is -0.354 e. The summed E-state index contributed by atoms with van der Waals surface area (Å²) in [4.78, 5) is 29.7. The van der Waals surface area contributed by atoms with Gasteiger partial charge in [-0.25, -0.2) is 4.39 Å². The van der Waals surface area contributed by atoms with Crippen molar-refractivity contribution in [1.29, 1.82) is 0 Å². The average Bonchev–Trinajstić information content (AvgIpc) is 2.76. The van der Waals surface area contributed by atoms with Crippen LogP contribution in [-0.4, -0.2) is 66.3 Å². The van der Waals surface area contributed by atoms with Gasteiger partial charge in [0.05, 0.1) is 17.1 Å². The Morgan fingerprint density at radius 3 is 2.70 bits per heavy atom. The van der Waals surface area contributed by atoms with Gasteiger partial charge < -0.3 is 5.32 Å². The molecule has 2 saturated heterocycles. The van der Waals surface area contributed by atoms with Crippen molar-refractivity contribution in [3.63, 3.8) is 0 Å². The monoisotopic (exact) mass is 435 g/mol. The van der Waals surface area contributed by atoms with Gasteiger partial charge in [0.1, 0.15) is 5.82 Å². The number of nitrogens with zero attached hydrogens (tertiary/aromatic N) is 2. The molecule has 2 heterocycles. The molecule has 1 amide bonds. The van der Waals surface area contributed by atoms with Crippen molar-refractivity contribution in [3.8, 4) is 0 Å². The summed E-state index contributed by atoms with van der Waals surface area (Å²) in [5.41, 5.74) is 0.111. The second kappa shape index (κ2) is 10.5. The minimum absolute atomic E-state index is 0.0423. The Kier molecular flexibility index (Phi) is 8.03. The van der Waals surface area contributed by atoms with Crippen molar-refractivity contribution in [2.24, 2.45) is 0 Å². The van der Waals surface area contributed by atoms with E-state index in [0.29, 0.717) is 38.0 Å². The molecule has 3 rings (SSSR count). The van der Waals surface area contributed by atoms with Gasteiger partial charge in [-0.1, -0.05) is 37.1 Å². The zero-order valence-electron chi connectivity index (χ0n) is 17.6. The number of rotatable bonds is 8. The highest BCUT2D eigenvalue weighted by Crippen LogP contribution is 2.30. The third kappa shape index (κ3) is 5.48. The molecule has 1 unspecified atom stereocenters. The Bertz CT molecular complexity index is 795. The smallest absolute Gasteiger partial charge is 0.234 e. The highest BCUT2D eigenvalue weighted by Gasteiger charge is 2.41. The van der Waals surface area contributed by atoms with Gasteiger partial charge in [-0.3, -0.25) is 19.4 Å². The molecule has 1 aromatic rings. The van der Waals surface area contributed by atoms with Crippen LogP contribution in [0.1, 0.15) is 44.6 Å². The molecular formula is C23H31ClFN3O2. The number of likely N-dealkylation sites (tertiary alicyclic amines) is 1. The van der Waals surface area contributed by atoms with E-state index >= 15 is 0 Å². The Balaban J connectivity index is 1.79. The molecule has 2 aliphatic rings. The second-order valence-electron chi connectivity index (χ2n) is 8.18. The predicted octanol–water partition coefficient (Wildman–Crippen LogP) is 3.52. The van der Waals surface area contributed by atoms with Crippen LogP contribution in [0.2, 0.25) is 5.02 Å². The van der Waals surface area contributed by atoms with Crippen molar-refractivity contribution in [2.75, 3.05) is 39.3 Å². The summed E-state index contributed by atoms with van der Waals surface area (Å²) in [6.45, 7) is 6.45. The molecule has 1 N–H and O–H groups in total. The molecule has 0 saturated carbocycles. The van der Waals surface area contributed by atoms with E-state index in [1.165, 1.54) is 18.6 Å². The first-order chi connectivity index (χ1) is 14.4. The van der Waals surface area contributed by atoms with Crippen LogP contribution in [-0.2, 0) is 9.59 Å². The van der Waals surface area contributed by atoms with Crippen LogP contribution in [0.3, 0.4) is 0 Å². The Morgan fingerprint density at radius 1 is 1.27 bits per heavy atom. The van der Waals surface area contributed by atoms with E-state index in [2.05, 4.69) is 22.0 Å². The molecule has 0 aliphatic carbocycles. The molecule has 5 nitrogen and oxygen atoms in total. The SMILES string of the molecule is CCC(CCN1CCNC(=O)C1)(C(=O)/C=C/c1ccc(F)c(Cl)c1)N1CCCCC1. The first-order valence-corrected chi connectivity index (χ1v) is 11.2. The van der Waals surface area contributed by atoms with Crippen LogP contribution in [0.5, 0.6) is 0 Å². The molecule has 164 valence electrons. The lowest BCUT2D eigenvalue weighted by molar-refractivity contribution is -0.128. The summed E-state index contributed by atoms with van der Waals surface area (Å²) in [5.74, 6) is -0.364. The Hall–Kier alpha value is -1.76. The van der Waals surface area contributed by atoms with Gasteiger partial charge in [0, 0.05) is 19.6 Å². The molecule has 7 heteroatoms. The lowest BCUT2D eigenvalue weighted by atomic mass is 9.83. The maximum Gasteiger partial charge on any atom is 0.234 e. The summed E-state index contributed by atoms with van der Waals surface area (Å²) in [6, 6.07) is 4.46. The van der Waals surface area contributed by atoms with E-state index < -0.39 is 11.4 Å². The van der Waals surface area contributed by atoms with Crippen molar-refractivity contribution in [2.45, 2.75) is 44.6 Å². The van der Waals surface area contributed by atoms with Gasteiger partial charge in [0.2, 0.25) is 5.91 Å². The van der Waals surface area contributed by atoms with E-state index in [-0.39, 0.29) is 16.7 Å². The van der Waals surface area contributed by atoms with E-state index in [0.717, 1.165) is 32.5 Å². The van der Waals surface area contributed by atoms with Crippen LogP contribution in [0, 0.1) is 5.82 Å². The maximum absolute atomic E-state index is 13.5. The van der Waals surface area contributed by atoms with Crippen LogP contribution in [0.25, 0.3) is 6.08 Å². The Labute approximate surface area is 183 Å². The molecular weight excluding hydrogens is 405 g/mol. The molecule has 0 radical (unpaired) electrons. The molecule has 30 heavy (non-hydrogen) atoms. The Morgan fingerprint density at radius 2 is 2.03 bits per heavy atom. The van der Waals surface area contributed by atoms with Crippen molar-refractivity contribution < 1.29 is 14.0 Å². The third-order valence-corrected chi connectivity index (χ3v) is 6.62. The molecule has 0 spiro atoms. The fraction of sp³-hybridized carbons (Fsp3) is 0.565. The highest BCUT2D eigenvalue weighted by molar-refractivity contribution is 6.30. The number of piperidine rings is 1. The average molecular weight is 436 g/mol. The van der Waals surface area contributed by atoms with Crippen LogP contribution < -0.4 is 5.32 Å². The normalized spacial score (nSPS) is 20.8. The van der Waals surface area contributed by atoms with Gasteiger partial charge in [0.15, 0.2) is 5.78 Å². The number of benzene rings is 1. The molecule has 1 atom stereocenters. The standard InChI is InChI=1S/C23H31ClFN3O2/c1-2-23(28-12-4-3-5-13-28,10-14-27-15-11-26-22(30)17-27)21(29)9-7-18-6-8-20(25)19(24)16-18/h6-9,16H,2-5,10-15,17H2,1H3,(H,26,30)/b9-7+. The number of ketones is 1. The number of piperazine rings is 1. The van der Waals surface area contributed by atoms with Crippen molar-refractivity contribution in [3.05, 3.63) is 40.7 Å². The fourth-order valence-electron chi connectivity index (χ4n) is 4.50. The first kappa shape index (κ1) is 22.9. The number of nitrogens with one attached hydrogen (secondary N) is 1. The minimum atomic E-state index is -0.589. The maximum atomic E-state index is 13.5. The molecule has 0 aromatic heterocycles. The largest absolute Gasteiger partial charge is 0.354 e. The van der Waals surface area contributed by atoms with Crippen LogP contribution in [0.4, 0.5) is 4.39 Å². The zero-order chi connectivity index (χ0) is 21.6. The summed E-state index contributed by atoms with van der Waals surface area (Å²) >= 11 is 5.88. The zero-order valence-corrected chi connectivity index (χ0v) is 18.4. The number of halogens is 2. The lowest BCUT2D eigenvalue weighted by Gasteiger charge is -2.45. The van der Waals surface area contributed by atoms with E-state index in [1.54, 1.807) is 18.2 Å². The van der Waals surface area contributed by atoms with Crippen LogP contribution in [0.15, 0.2) is 24.3 Å². The summed E-state index contributed by atoms with van der Waals surface area (Å²) < 4.78 is 13.4. The molecule has 1 aromatic carbocycles. The first-order valence-electron chi connectivity index (χ1n) is 10.9. The number of hydrogen-bond acceptors (Lipinski definition) is 4. The van der Waals surface area contributed by atoms with Gasteiger partial charge in [0.25, 0.3) is 0 Å².